The van der Waals surface area contributed by atoms with Crippen LogP contribution in [0.15, 0.2) is 45.8 Å². The van der Waals surface area contributed by atoms with E-state index < -0.39 is 18.5 Å². The van der Waals surface area contributed by atoms with Crippen LogP contribution in [-0.4, -0.2) is 16.1 Å². The van der Waals surface area contributed by atoms with Gasteiger partial charge in [0.2, 0.25) is 5.71 Å². The molecule has 0 amide bonds. The molecular weight excluding hydrogens is 417 g/mol. The van der Waals surface area contributed by atoms with Gasteiger partial charge in [0.05, 0.1) is 23.8 Å². The van der Waals surface area contributed by atoms with Gasteiger partial charge in [-0.2, -0.15) is 0 Å². The van der Waals surface area contributed by atoms with Gasteiger partial charge in [0.15, 0.2) is 0 Å². The van der Waals surface area contributed by atoms with E-state index in [9.17, 15) is 18.7 Å². The standard InChI is InChI=1S/C16H13F2NO3.C2H6.CH3.Y/c1-9-4-2-3-5-10(9)13-14(20)11-6-7-22-16(11)19(15(13)21)8-12(17)18;1-2;;/h2-7,12,20H,8H2,1H3;1-2H3;1H3;/q;;-1;. The van der Waals surface area contributed by atoms with Crippen LogP contribution in [0.2, 0.25) is 0 Å². The third-order valence-electron chi connectivity index (χ3n) is 3.58. The Morgan fingerprint density at radius 1 is 1.19 bits per heavy atom. The van der Waals surface area contributed by atoms with Crippen molar-refractivity contribution in [2.24, 2.45) is 0 Å². The van der Waals surface area contributed by atoms with Gasteiger partial charge < -0.3 is 17.0 Å². The first kappa shape index (κ1) is 24.5. The van der Waals surface area contributed by atoms with Gasteiger partial charge in [-0.25, -0.2) is 8.78 Å². The number of rotatable bonds is 3. The van der Waals surface area contributed by atoms with Crippen molar-refractivity contribution in [1.82, 2.24) is 4.57 Å². The van der Waals surface area contributed by atoms with Crippen LogP contribution in [0.3, 0.4) is 0 Å². The van der Waals surface area contributed by atoms with Gasteiger partial charge in [-0.05, 0) is 24.1 Å². The predicted molar refractivity (Wildman–Crippen MR) is 96.1 cm³/mol. The Balaban J connectivity index is 0.00000151. The van der Waals surface area contributed by atoms with Gasteiger partial charge in [0.1, 0.15) is 5.75 Å². The van der Waals surface area contributed by atoms with E-state index in [2.05, 4.69) is 0 Å². The third kappa shape index (κ3) is 4.60. The molecule has 139 valence electrons. The molecule has 0 spiro atoms. The Labute approximate surface area is 176 Å². The quantitative estimate of drug-likeness (QED) is 0.584. The molecule has 0 aliphatic rings. The molecule has 2 heterocycles. The minimum atomic E-state index is -2.71. The van der Waals surface area contributed by atoms with Crippen molar-refractivity contribution in [2.45, 2.75) is 33.7 Å². The summed E-state index contributed by atoms with van der Waals surface area (Å²) in [6.07, 6.45) is -1.45. The molecule has 2 aromatic heterocycles. The average Bonchev–Trinajstić information content (AvgIpc) is 3.05. The number of alkyl halides is 2. The fraction of sp³-hybridized carbons (Fsp3) is 0.263. The van der Waals surface area contributed by atoms with Crippen LogP contribution in [0.5, 0.6) is 5.75 Å². The number of pyridine rings is 1. The van der Waals surface area contributed by atoms with Crippen molar-refractivity contribution < 1.29 is 51.0 Å². The zero-order chi connectivity index (χ0) is 17.9. The van der Waals surface area contributed by atoms with Crippen LogP contribution >= 0.6 is 0 Å². The normalized spacial score (nSPS) is 9.92. The number of benzene rings is 1. The molecule has 0 unspecified atom stereocenters. The van der Waals surface area contributed by atoms with Crippen LogP contribution < -0.4 is 5.56 Å². The van der Waals surface area contributed by atoms with Crippen molar-refractivity contribution >= 4 is 11.1 Å². The first-order valence-electron chi connectivity index (χ1n) is 7.68. The van der Waals surface area contributed by atoms with Crippen molar-refractivity contribution in [3.63, 3.8) is 0 Å². The first-order chi connectivity index (χ1) is 11.5. The molecule has 3 rings (SSSR count). The number of nitrogens with zero attached hydrogens (tertiary/aromatic N) is 1. The second-order valence-electron chi connectivity index (χ2n) is 4.98. The maximum Gasteiger partial charge on any atom is 0.265 e. The molecule has 4 nitrogen and oxygen atoms in total. The molecule has 26 heavy (non-hydrogen) atoms. The Hall–Kier alpha value is -1.53. The molecule has 0 aliphatic heterocycles. The summed E-state index contributed by atoms with van der Waals surface area (Å²) in [6, 6.07) is 8.42. The van der Waals surface area contributed by atoms with Crippen LogP contribution in [0, 0.1) is 14.4 Å². The van der Waals surface area contributed by atoms with Crippen molar-refractivity contribution in [2.75, 3.05) is 0 Å². The summed E-state index contributed by atoms with van der Waals surface area (Å²) in [5, 5.41) is 10.6. The van der Waals surface area contributed by atoms with E-state index in [0.29, 0.717) is 5.56 Å². The SMILES string of the molecule is CC.Cc1ccccc1-c1c(O)c2ccoc2n(CC(F)F)c1=O.[CH3-].[Y]. The molecule has 0 bridgehead atoms. The second-order valence-corrected chi connectivity index (χ2v) is 4.98. The van der Waals surface area contributed by atoms with E-state index in [1.807, 2.05) is 13.8 Å². The van der Waals surface area contributed by atoms with Crippen molar-refractivity contribution in [3.8, 4) is 16.9 Å². The monoisotopic (exact) mass is 439 g/mol. The number of aromatic hydroxyl groups is 1. The number of hydrogen-bond donors (Lipinski definition) is 1. The fourth-order valence-corrected chi connectivity index (χ4v) is 2.55. The first-order valence-corrected chi connectivity index (χ1v) is 7.68. The van der Waals surface area contributed by atoms with E-state index >= 15 is 0 Å². The molecule has 0 saturated heterocycles. The second kappa shape index (κ2) is 10.6. The van der Waals surface area contributed by atoms with Gasteiger partial charge in [0, 0.05) is 32.7 Å². The summed E-state index contributed by atoms with van der Waals surface area (Å²) in [6.45, 7) is 4.99. The van der Waals surface area contributed by atoms with Crippen molar-refractivity contribution in [3.05, 3.63) is 59.9 Å². The van der Waals surface area contributed by atoms with Crippen molar-refractivity contribution in [1.29, 1.82) is 0 Å². The molecule has 1 N–H and O–H groups in total. The van der Waals surface area contributed by atoms with Gasteiger partial charge >= 0.3 is 0 Å². The number of hydrogen-bond acceptors (Lipinski definition) is 3. The molecule has 0 fully saturated rings. The average molecular weight is 439 g/mol. The van der Waals surface area contributed by atoms with E-state index in [1.165, 1.54) is 12.3 Å². The van der Waals surface area contributed by atoms with E-state index in [1.54, 1.807) is 31.2 Å². The third-order valence-corrected chi connectivity index (χ3v) is 3.58. The van der Waals surface area contributed by atoms with Crippen LogP contribution in [0.25, 0.3) is 22.2 Å². The minimum absolute atomic E-state index is 0. The Morgan fingerprint density at radius 2 is 1.81 bits per heavy atom. The van der Waals surface area contributed by atoms with Gasteiger partial charge in [-0.15, -0.1) is 0 Å². The number of halogens is 2. The molecule has 1 radical (unpaired) electrons. The van der Waals surface area contributed by atoms with E-state index in [0.717, 1.165) is 10.1 Å². The fourth-order valence-electron chi connectivity index (χ4n) is 2.55. The number of fused-ring (bicyclic) bond motifs is 1. The Bertz CT molecular complexity index is 903. The van der Waals surface area contributed by atoms with Gasteiger partial charge in [-0.3, -0.25) is 9.36 Å². The molecule has 0 atom stereocenters. The molecular formula is C19H22F2NO3Y-. The molecule has 0 saturated carbocycles. The summed E-state index contributed by atoms with van der Waals surface area (Å²) >= 11 is 0. The minimum Gasteiger partial charge on any atom is -0.506 e. The number of aryl methyl sites for hydroxylation is 1. The number of furan rings is 1. The topological polar surface area (TPSA) is 55.4 Å². The molecule has 3 aromatic rings. The van der Waals surface area contributed by atoms with Crippen LogP contribution in [-0.2, 0) is 39.3 Å². The maximum atomic E-state index is 12.8. The van der Waals surface area contributed by atoms with Gasteiger partial charge in [-0.1, -0.05) is 38.1 Å². The molecule has 0 aliphatic carbocycles. The molecule has 7 heteroatoms. The van der Waals surface area contributed by atoms with Crippen LogP contribution in [0.1, 0.15) is 19.4 Å². The largest absolute Gasteiger partial charge is 0.506 e. The Morgan fingerprint density at radius 3 is 2.38 bits per heavy atom. The zero-order valence-electron chi connectivity index (χ0n) is 15.3. The maximum absolute atomic E-state index is 12.8. The van der Waals surface area contributed by atoms with Gasteiger partial charge in [0.25, 0.3) is 12.0 Å². The zero-order valence-corrected chi connectivity index (χ0v) is 18.1. The summed E-state index contributed by atoms with van der Waals surface area (Å²) < 4.78 is 31.5. The predicted octanol–water partition coefficient (Wildman–Crippen LogP) is 5.01. The van der Waals surface area contributed by atoms with E-state index in [4.69, 9.17) is 4.42 Å². The van der Waals surface area contributed by atoms with Crippen LogP contribution in [0.4, 0.5) is 8.78 Å². The van der Waals surface area contributed by atoms with E-state index in [-0.39, 0.29) is 62.5 Å². The summed E-state index contributed by atoms with van der Waals surface area (Å²) in [5.41, 5.74) is 0.528. The smallest absolute Gasteiger partial charge is 0.265 e. The summed E-state index contributed by atoms with van der Waals surface area (Å²) in [7, 11) is 0. The summed E-state index contributed by atoms with van der Waals surface area (Å²) in [4.78, 5) is 12.6. The Kier molecular flexibility index (Phi) is 9.96. The summed E-state index contributed by atoms with van der Waals surface area (Å²) in [5.74, 6) is -0.256. The number of aromatic nitrogens is 1. The molecule has 1 aromatic carbocycles.